The van der Waals surface area contributed by atoms with Crippen LogP contribution in [0, 0.1) is 0 Å². The number of rotatable bonds is 4. The minimum absolute atomic E-state index is 0.0985. The third kappa shape index (κ3) is 3.56. The van der Waals surface area contributed by atoms with Crippen molar-refractivity contribution in [2.75, 3.05) is 50.8 Å². The van der Waals surface area contributed by atoms with Crippen LogP contribution in [0.1, 0.15) is 10.4 Å². The average Bonchev–Trinajstić information content (AvgIpc) is 2.69. The minimum Gasteiger partial charge on any atom is -0.486 e. The molecule has 4 rings (SSSR count). The summed E-state index contributed by atoms with van der Waals surface area (Å²) in [6, 6.07) is 7.22. The molecular weight excluding hydrogens is 320 g/mol. The molecule has 2 aliphatic heterocycles. The third-order valence-corrected chi connectivity index (χ3v) is 4.44. The Kier molecular flexibility index (Phi) is 4.47. The van der Waals surface area contributed by atoms with Crippen molar-refractivity contribution in [3.05, 3.63) is 42.2 Å². The van der Waals surface area contributed by atoms with E-state index in [9.17, 15) is 4.79 Å². The molecule has 130 valence electrons. The number of carbonyl (C=O) groups is 1. The molecule has 25 heavy (non-hydrogen) atoms. The number of fused-ring (bicyclic) bond motifs is 1. The monoisotopic (exact) mass is 340 g/mol. The molecule has 0 unspecified atom stereocenters. The number of ketones is 1. The van der Waals surface area contributed by atoms with Crippen LogP contribution in [0.4, 0.5) is 5.95 Å². The van der Waals surface area contributed by atoms with Crippen molar-refractivity contribution in [3.63, 3.8) is 0 Å². The SMILES string of the molecule is O=C(CN1CCN(c2ncccn2)CC1)c1ccc2c(c1)OCCO2. The van der Waals surface area contributed by atoms with Crippen molar-refractivity contribution < 1.29 is 14.3 Å². The van der Waals surface area contributed by atoms with Gasteiger partial charge in [-0.15, -0.1) is 0 Å². The van der Waals surface area contributed by atoms with E-state index in [1.807, 2.05) is 18.2 Å². The van der Waals surface area contributed by atoms with Gasteiger partial charge in [-0.05, 0) is 24.3 Å². The quantitative estimate of drug-likeness (QED) is 0.776. The first-order valence-electron chi connectivity index (χ1n) is 8.47. The summed E-state index contributed by atoms with van der Waals surface area (Å²) in [4.78, 5) is 25.4. The third-order valence-electron chi connectivity index (χ3n) is 4.44. The number of benzene rings is 1. The van der Waals surface area contributed by atoms with Crippen molar-refractivity contribution in [2.45, 2.75) is 0 Å². The molecule has 0 atom stereocenters. The molecule has 1 fully saturated rings. The van der Waals surface area contributed by atoms with E-state index >= 15 is 0 Å². The van der Waals surface area contributed by atoms with Gasteiger partial charge in [0.25, 0.3) is 0 Å². The summed E-state index contributed by atoms with van der Waals surface area (Å²) >= 11 is 0. The Labute approximate surface area is 146 Å². The Morgan fingerprint density at radius 2 is 1.72 bits per heavy atom. The topological polar surface area (TPSA) is 67.8 Å². The summed E-state index contributed by atoms with van der Waals surface area (Å²) in [7, 11) is 0. The molecule has 0 saturated carbocycles. The molecule has 3 heterocycles. The number of Topliss-reactive ketones (excluding diaryl/α,β-unsaturated/α-hetero) is 1. The van der Waals surface area contributed by atoms with Crippen LogP contribution in [0.5, 0.6) is 11.5 Å². The Morgan fingerprint density at radius 3 is 2.48 bits per heavy atom. The molecule has 1 saturated heterocycles. The maximum absolute atomic E-state index is 12.6. The van der Waals surface area contributed by atoms with Gasteiger partial charge < -0.3 is 14.4 Å². The molecule has 2 aliphatic rings. The van der Waals surface area contributed by atoms with Crippen molar-refractivity contribution in [2.24, 2.45) is 0 Å². The van der Waals surface area contributed by atoms with Crippen LogP contribution in [0.3, 0.4) is 0 Å². The number of hydrogen-bond acceptors (Lipinski definition) is 7. The number of anilines is 1. The van der Waals surface area contributed by atoms with Gasteiger partial charge in [-0.1, -0.05) is 0 Å². The highest BCUT2D eigenvalue weighted by atomic mass is 16.6. The summed E-state index contributed by atoms with van der Waals surface area (Å²) in [5, 5.41) is 0. The van der Waals surface area contributed by atoms with Gasteiger partial charge in [-0.3, -0.25) is 9.69 Å². The lowest BCUT2D eigenvalue weighted by atomic mass is 10.1. The molecule has 0 N–H and O–H groups in total. The highest BCUT2D eigenvalue weighted by molar-refractivity contribution is 5.98. The number of nitrogens with zero attached hydrogens (tertiary/aromatic N) is 4. The summed E-state index contributed by atoms with van der Waals surface area (Å²) in [6.07, 6.45) is 3.50. The van der Waals surface area contributed by atoms with Gasteiger partial charge in [-0.25, -0.2) is 9.97 Å². The zero-order valence-electron chi connectivity index (χ0n) is 13.9. The van der Waals surface area contributed by atoms with Crippen molar-refractivity contribution in [1.29, 1.82) is 0 Å². The predicted molar refractivity (Wildman–Crippen MR) is 92.4 cm³/mol. The first kappa shape index (κ1) is 15.8. The fourth-order valence-corrected chi connectivity index (χ4v) is 3.07. The fraction of sp³-hybridized carbons (Fsp3) is 0.389. The van der Waals surface area contributed by atoms with E-state index in [-0.39, 0.29) is 5.78 Å². The number of ether oxygens (including phenoxy) is 2. The molecule has 0 radical (unpaired) electrons. The lowest BCUT2D eigenvalue weighted by Gasteiger charge is -2.34. The zero-order valence-corrected chi connectivity index (χ0v) is 13.9. The van der Waals surface area contributed by atoms with E-state index in [1.165, 1.54) is 0 Å². The van der Waals surface area contributed by atoms with Crippen molar-refractivity contribution in [3.8, 4) is 11.5 Å². The number of aromatic nitrogens is 2. The Hall–Kier alpha value is -2.67. The molecule has 7 nitrogen and oxygen atoms in total. The van der Waals surface area contributed by atoms with Crippen molar-refractivity contribution in [1.82, 2.24) is 14.9 Å². The minimum atomic E-state index is 0.0985. The Morgan fingerprint density at radius 1 is 1.00 bits per heavy atom. The fourth-order valence-electron chi connectivity index (χ4n) is 3.07. The Balaban J connectivity index is 1.35. The predicted octanol–water partition coefficient (Wildman–Crippen LogP) is 1.25. The van der Waals surface area contributed by atoms with E-state index in [0.717, 1.165) is 32.1 Å². The van der Waals surface area contributed by atoms with Crippen LogP contribution in [0.15, 0.2) is 36.7 Å². The summed E-state index contributed by atoms with van der Waals surface area (Å²) in [5.74, 6) is 2.21. The molecule has 7 heteroatoms. The maximum Gasteiger partial charge on any atom is 0.225 e. The summed E-state index contributed by atoms with van der Waals surface area (Å²) < 4.78 is 11.1. The zero-order chi connectivity index (χ0) is 17.1. The normalized spacial score (nSPS) is 17.4. The van der Waals surface area contributed by atoms with E-state index in [2.05, 4.69) is 19.8 Å². The summed E-state index contributed by atoms with van der Waals surface area (Å²) in [5.41, 5.74) is 0.665. The van der Waals surface area contributed by atoms with Crippen LogP contribution in [0.2, 0.25) is 0 Å². The first-order valence-corrected chi connectivity index (χ1v) is 8.47. The second kappa shape index (κ2) is 7.06. The average molecular weight is 340 g/mol. The van der Waals surface area contributed by atoms with Gasteiger partial charge in [0, 0.05) is 44.1 Å². The molecule has 0 aliphatic carbocycles. The number of carbonyl (C=O) groups excluding carboxylic acids is 1. The van der Waals surface area contributed by atoms with Crippen molar-refractivity contribution >= 4 is 11.7 Å². The lowest BCUT2D eigenvalue weighted by molar-refractivity contribution is 0.0925. The number of hydrogen-bond donors (Lipinski definition) is 0. The van der Waals surface area contributed by atoms with Crippen LogP contribution < -0.4 is 14.4 Å². The van der Waals surface area contributed by atoms with Crippen LogP contribution in [-0.4, -0.2) is 66.6 Å². The largest absolute Gasteiger partial charge is 0.486 e. The Bertz CT molecular complexity index is 745. The highest BCUT2D eigenvalue weighted by Gasteiger charge is 2.22. The van der Waals surface area contributed by atoms with E-state index in [4.69, 9.17) is 9.47 Å². The molecule has 1 aromatic heterocycles. The molecular formula is C18H20N4O3. The molecule has 0 spiro atoms. The van der Waals surface area contributed by atoms with Crippen LogP contribution in [-0.2, 0) is 0 Å². The summed E-state index contributed by atoms with van der Waals surface area (Å²) in [6.45, 7) is 4.74. The van der Waals surface area contributed by atoms with Gasteiger partial charge in [0.1, 0.15) is 13.2 Å². The maximum atomic E-state index is 12.6. The van der Waals surface area contributed by atoms with Gasteiger partial charge in [0.05, 0.1) is 6.54 Å². The second-order valence-corrected chi connectivity index (χ2v) is 6.09. The van der Waals surface area contributed by atoms with E-state index < -0.39 is 0 Å². The van der Waals surface area contributed by atoms with Gasteiger partial charge in [0.2, 0.25) is 5.95 Å². The smallest absolute Gasteiger partial charge is 0.225 e. The van der Waals surface area contributed by atoms with Gasteiger partial charge in [-0.2, -0.15) is 0 Å². The first-order chi connectivity index (χ1) is 12.3. The number of piperazine rings is 1. The molecule has 2 aromatic rings. The highest BCUT2D eigenvalue weighted by Crippen LogP contribution is 2.30. The van der Waals surface area contributed by atoms with Gasteiger partial charge >= 0.3 is 0 Å². The van der Waals surface area contributed by atoms with Crippen LogP contribution in [0.25, 0.3) is 0 Å². The second-order valence-electron chi connectivity index (χ2n) is 6.09. The molecule has 0 bridgehead atoms. The van der Waals surface area contributed by atoms with Gasteiger partial charge in [0.15, 0.2) is 17.3 Å². The van der Waals surface area contributed by atoms with E-state index in [1.54, 1.807) is 18.5 Å². The standard InChI is InChI=1S/C18H20N4O3/c23-15(14-2-3-16-17(12-14)25-11-10-24-16)13-21-6-8-22(9-7-21)18-19-4-1-5-20-18/h1-5,12H,6-11,13H2. The lowest BCUT2D eigenvalue weighted by Crippen LogP contribution is -2.48. The molecule has 1 aromatic carbocycles. The van der Waals surface area contributed by atoms with Crippen LogP contribution >= 0.6 is 0 Å². The van der Waals surface area contributed by atoms with E-state index in [0.29, 0.717) is 36.8 Å². The molecule has 0 amide bonds.